The standard InChI is InChI=1S/C20H25N3O3.HI/c1-3-9-24-17-6-4-5-15(10-17)12-22-20(21-2)23-13-16-7-8-18-19(11-16)26-14-25-18;/h4-8,10-11H,3,9,12-14H2,1-2H3,(H2,21,22,23);1H. The second kappa shape index (κ2) is 10.9. The summed E-state index contributed by atoms with van der Waals surface area (Å²) in [6.45, 7) is 4.44. The van der Waals surface area contributed by atoms with Crippen molar-refractivity contribution in [2.24, 2.45) is 4.99 Å². The zero-order valence-electron chi connectivity index (χ0n) is 15.7. The van der Waals surface area contributed by atoms with E-state index in [4.69, 9.17) is 14.2 Å². The Hall–Kier alpha value is -2.16. The number of hydrogen-bond donors (Lipinski definition) is 2. The molecule has 0 radical (unpaired) electrons. The molecule has 0 saturated heterocycles. The van der Waals surface area contributed by atoms with E-state index in [1.54, 1.807) is 7.05 Å². The summed E-state index contributed by atoms with van der Waals surface area (Å²) in [5.74, 6) is 3.22. The van der Waals surface area contributed by atoms with E-state index in [2.05, 4.69) is 28.6 Å². The van der Waals surface area contributed by atoms with Gasteiger partial charge in [0.2, 0.25) is 6.79 Å². The van der Waals surface area contributed by atoms with Gasteiger partial charge in [0.05, 0.1) is 6.61 Å². The smallest absolute Gasteiger partial charge is 0.231 e. The maximum atomic E-state index is 5.68. The predicted octanol–water partition coefficient (Wildman–Crippen LogP) is 3.69. The molecule has 2 N–H and O–H groups in total. The van der Waals surface area contributed by atoms with Crippen molar-refractivity contribution in [3.05, 3.63) is 53.6 Å². The van der Waals surface area contributed by atoms with E-state index in [1.165, 1.54) is 0 Å². The van der Waals surface area contributed by atoms with Crippen LogP contribution in [0.2, 0.25) is 0 Å². The molecule has 0 amide bonds. The van der Waals surface area contributed by atoms with Gasteiger partial charge in [-0.25, -0.2) is 0 Å². The maximum absolute atomic E-state index is 5.68. The minimum atomic E-state index is 0. The zero-order chi connectivity index (χ0) is 18.2. The largest absolute Gasteiger partial charge is 0.494 e. The molecule has 2 aromatic carbocycles. The van der Waals surface area contributed by atoms with Gasteiger partial charge in [-0.15, -0.1) is 24.0 Å². The van der Waals surface area contributed by atoms with Crippen LogP contribution in [0.3, 0.4) is 0 Å². The van der Waals surface area contributed by atoms with E-state index < -0.39 is 0 Å². The Bertz CT molecular complexity index is 768. The molecule has 2 aromatic rings. The van der Waals surface area contributed by atoms with Gasteiger partial charge in [-0.2, -0.15) is 0 Å². The average Bonchev–Trinajstić information content (AvgIpc) is 3.14. The van der Waals surface area contributed by atoms with Crippen LogP contribution in [0.25, 0.3) is 0 Å². The van der Waals surface area contributed by atoms with Crippen LogP contribution in [0.1, 0.15) is 24.5 Å². The first-order chi connectivity index (χ1) is 12.8. The lowest BCUT2D eigenvalue weighted by molar-refractivity contribution is 0.174. The Morgan fingerprint density at radius 3 is 2.52 bits per heavy atom. The lowest BCUT2D eigenvalue weighted by Gasteiger charge is -2.13. The van der Waals surface area contributed by atoms with Crippen molar-refractivity contribution in [2.45, 2.75) is 26.4 Å². The van der Waals surface area contributed by atoms with Gasteiger partial charge in [0.15, 0.2) is 17.5 Å². The summed E-state index contributed by atoms with van der Waals surface area (Å²) in [6.07, 6.45) is 0.999. The Kier molecular flexibility index (Phi) is 8.50. The van der Waals surface area contributed by atoms with Gasteiger partial charge < -0.3 is 24.8 Å². The highest BCUT2D eigenvalue weighted by Crippen LogP contribution is 2.32. The molecule has 1 aliphatic heterocycles. The first-order valence-electron chi connectivity index (χ1n) is 8.83. The summed E-state index contributed by atoms with van der Waals surface area (Å²) in [4.78, 5) is 4.27. The van der Waals surface area contributed by atoms with Crippen LogP contribution < -0.4 is 24.8 Å². The van der Waals surface area contributed by atoms with Crippen molar-refractivity contribution in [2.75, 3.05) is 20.4 Å². The van der Waals surface area contributed by atoms with Crippen molar-refractivity contribution in [3.63, 3.8) is 0 Å². The van der Waals surface area contributed by atoms with Gasteiger partial charge in [-0.3, -0.25) is 4.99 Å². The van der Waals surface area contributed by atoms with Crippen LogP contribution in [0.5, 0.6) is 17.2 Å². The zero-order valence-corrected chi connectivity index (χ0v) is 18.0. The topological polar surface area (TPSA) is 64.1 Å². The molecule has 0 fully saturated rings. The third-order valence-corrected chi connectivity index (χ3v) is 3.95. The van der Waals surface area contributed by atoms with Crippen molar-refractivity contribution < 1.29 is 14.2 Å². The second-order valence-electron chi connectivity index (χ2n) is 5.96. The maximum Gasteiger partial charge on any atom is 0.231 e. The van der Waals surface area contributed by atoms with Crippen LogP contribution >= 0.6 is 24.0 Å². The average molecular weight is 483 g/mol. The van der Waals surface area contributed by atoms with E-state index in [-0.39, 0.29) is 30.8 Å². The first-order valence-corrected chi connectivity index (χ1v) is 8.83. The minimum Gasteiger partial charge on any atom is -0.494 e. The Labute approximate surface area is 177 Å². The van der Waals surface area contributed by atoms with Gasteiger partial charge in [0.25, 0.3) is 0 Å². The molecule has 6 nitrogen and oxygen atoms in total. The molecule has 1 heterocycles. The molecule has 0 spiro atoms. The van der Waals surface area contributed by atoms with Gasteiger partial charge in [0, 0.05) is 20.1 Å². The summed E-state index contributed by atoms with van der Waals surface area (Å²) >= 11 is 0. The van der Waals surface area contributed by atoms with Crippen molar-refractivity contribution >= 4 is 29.9 Å². The molecule has 0 saturated carbocycles. The summed E-state index contributed by atoms with van der Waals surface area (Å²) in [5.41, 5.74) is 2.25. The van der Waals surface area contributed by atoms with E-state index >= 15 is 0 Å². The molecule has 0 unspecified atom stereocenters. The fourth-order valence-corrected chi connectivity index (χ4v) is 2.61. The number of ether oxygens (including phenoxy) is 3. The van der Waals surface area contributed by atoms with E-state index in [0.717, 1.165) is 47.4 Å². The van der Waals surface area contributed by atoms with Crippen LogP contribution in [0, 0.1) is 0 Å². The van der Waals surface area contributed by atoms with E-state index in [9.17, 15) is 0 Å². The highest BCUT2D eigenvalue weighted by atomic mass is 127. The first kappa shape index (κ1) is 21.1. The van der Waals surface area contributed by atoms with Crippen LogP contribution in [0.15, 0.2) is 47.5 Å². The van der Waals surface area contributed by atoms with Crippen LogP contribution in [0.4, 0.5) is 0 Å². The fraction of sp³-hybridized carbons (Fsp3) is 0.350. The number of fused-ring (bicyclic) bond motifs is 1. The van der Waals surface area contributed by atoms with E-state index in [0.29, 0.717) is 13.1 Å². The highest BCUT2D eigenvalue weighted by Gasteiger charge is 2.13. The Morgan fingerprint density at radius 1 is 1.04 bits per heavy atom. The number of nitrogens with zero attached hydrogens (tertiary/aromatic N) is 1. The molecular weight excluding hydrogens is 457 g/mol. The summed E-state index contributed by atoms with van der Waals surface area (Å²) < 4.78 is 16.4. The van der Waals surface area contributed by atoms with Gasteiger partial charge in [0.1, 0.15) is 5.75 Å². The SMILES string of the molecule is CCCOc1cccc(CNC(=NC)NCc2ccc3c(c2)OCO3)c1.I. The third-order valence-electron chi connectivity index (χ3n) is 3.95. The van der Waals surface area contributed by atoms with Crippen molar-refractivity contribution in [1.82, 2.24) is 10.6 Å². The Balaban J connectivity index is 0.00000261. The van der Waals surface area contributed by atoms with Gasteiger partial charge in [-0.05, 0) is 41.8 Å². The number of halogens is 1. The number of aliphatic imine (C=N–C) groups is 1. The predicted molar refractivity (Wildman–Crippen MR) is 117 cm³/mol. The number of benzene rings is 2. The van der Waals surface area contributed by atoms with E-state index in [1.807, 2.05) is 36.4 Å². The van der Waals surface area contributed by atoms with Crippen molar-refractivity contribution in [1.29, 1.82) is 0 Å². The highest BCUT2D eigenvalue weighted by molar-refractivity contribution is 14.0. The molecule has 0 bridgehead atoms. The molecule has 0 atom stereocenters. The molecule has 7 heteroatoms. The molecule has 1 aliphatic rings. The number of nitrogens with one attached hydrogen (secondary N) is 2. The van der Waals surface area contributed by atoms with Gasteiger partial charge >= 0.3 is 0 Å². The normalized spacial score (nSPS) is 12.3. The molecule has 146 valence electrons. The fourth-order valence-electron chi connectivity index (χ4n) is 2.61. The quantitative estimate of drug-likeness (QED) is 0.358. The lowest BCUT2D eigenvalue weighted by atomic mass is 10.2. The molecule has 27 heavy (non-hydrogen) atoms. The Morgan fingerprint density at radius 2 is 1.78 bits per heavy atom. The van der Waals surface area contributed by atoms with Crippen molar-refractivity contribution in [3.8, 4) is 17.2 Å². The molecule has 0 aromatic heterocycles. The monoisotopic (exact) mass is 483 g/mol. The third kappa shape index (κ3) is 6.20. The molecule has 3 rings (SSSR count). The second-order valence-corrected chi connectivity index (χ2v) is 5.96. The number of hydrogen-bond acceptors (Lipinski definition) is 4. The number of rotatable bonds is 7. The summed E-state index contributed by atoms with van der Waals surface area (Å²) in [5, 5.41) is 6.63. The summed E-state index contributed by atoms with van der Waals surface area (Å²) in [6, 6.07) is 14.0. The van der Waals surface area contributed by atoms with Crippen LogP contribution in [-0.4, -0.2) is 26.4 Å². The molecule has 0 aliphatic carbocycles. The number of guanidine groups is 1. The van der Waals surface area contributed by atoms with Gasteiger partial charge in [-0.1, -0.05) is 25.1 Å². The minimum absolute atomic E-state index is 0. The summed E-state index contributed by atoms with van der Waals surface area (Å²) in [7, 11) is 1.76. The lowest BCUT2D eigenvalue weighted by Crippen LogP contribution is -2.36. The van der Waals surface area contributed by atoms with Crippen LogP contribution in [-0.2, 0) is 13.1 Å². The molecular formula is C20H26IN3O3.